The van der Waals surface area contributed by atoms with E-state index in [1.165, 1.54) is 5.39 Å². The number of nitro groups is 1. The quantitative estimate of drug-likeness (QED) is 0.216. The highest BCUT2D eigenvalue weighted by atomic mass is 16.6. The van der Waals surface area contributed by atoms with Crippen LogP contribution in [0.3, 0.4) is 0 Å². The Hall–Kier alpha value is -3.40. The summed E-state index contributed by atoms with van der Waals surface area (Å²) in [6.45, 7) is 0. The molecule has 0 saturated heterocycles. The first-order chi connectivity index (χ1) is 12.2. The standard InChI is InChI=1S/C21H15NO3/c1-25-13-11-15-3-5-17-6-8-18-14(10-12-22(23)24)2-4-16-7-9-19(15)21(17)20(16)18/h2-13H,1H3/b12-10+,13-11+. The fourth-order valence-electron chi connectivity index (χ4n) is 3.42. The van der Waals surface area contributed by atoms with Gasteiger partial charge in [-0.2, -0.15) is 0 Å². The van der Waals surface area contributed by atoms with Crippen molar-refractivity contribution in [3.05, 3.63) is 82.2 Å². The van der Waals surface area contributed by atoms with Crippen LogP contribution in [-0.2, 0) is 4.74 Å². The van der Waals surface area contributed by atoms with Crippen molar-refractivity contribution in [1.82, 2.24) is 0 Å². The first kappa shape index (κ1) is 15.1. The maximum absolute atomic E-state index is 10.7. The lowest BCUT2D eigenvalue weighted by atomic mass is 9.90. The number of hydrogen-bond acceptors (Lipinski definition) is 3. The molecule has 0 bridgehead atoms. The molecule has 0 aliphatic carbocycles. The first-order valence-corrected chi connectivity index (χ1v) is 7.90. The van der Waals surface area contributed by atoms with Crippen LogP contribution in [0.4, 0.5) is 0 Å². The molecule has 4 nitrogen and oxygen atoms in total. The van der Waals surface area contributed by atoms with Crippen LogP contribution in [0.15, 0.2) is 61.0 Å². The summed E-state index contributed by atoms with van der Waals surface area (Å²) in [5.41, 5.74) is 1.92. The molecule has 0 aliphatic rings. The molecule has 0 heterocycles. The largest absolute Gasteiger partial charge is 0.504 e. The van der Waals surface area contributed by atoms with Gasteiger partial charge >= 0.3 is 0 Å². The highest BCUT2D eigenvalue weighted by Crippen LogP contribution is 2.37. The molecule has 0 amide bonds. The average molecular weight is 329 g/mol. The van der Waals surface area contributed by atoms with Gasteiger partial charge in [-0.05, 0) is 49.5 Å². The lowest BCUT2D eigenvalue weighted by Gasteiger charge is -2.13. The van der Waals surface area contributed by atoms with Crippen molar-refractivity contribution >= 4 is 44.5 Å². The normalized spacial score (nSPS) is 12.2. The van der Waals surface area contributed by atoms with Gasteiger partial charge in [-0.15, -0.1) is 0 Å². The maximum atomic E-state index is 10.7. The van der Waals surface area contributed by atoms with E-state index < -0.39 is 4.92 Å². The van der Waals surface area contributed by atoms with Crippen molar-refractivity contribution in [2.24, 2.45) is 0 Å². The summed E-state index contributed by atoms with van der Waals surface area (Å²) in [5, 5.41) is 17.4. The van der Waals surface area contributed by atoms with Crippen molar-refractivity contribution in [3.8, 4) is 0 Å². The predicted molar refractivity (Wildman–Crippen MR) is 102 cm³/mol. The topological polar surface area (TPSA) is 52.4 Å². The highest BCUT2D eigenvalue weighted by Gasteiger charge is 2.11. The SMILES string of the molecule is CO/C=C/c1ccc2ccc3c(/C=C/[N+](=O)[O-])ccc4ccc1c2c43. The summed E-state index contributed by atoms with van der Waals surface area (Å²) in [5.74, 6) is 0. The highest BCUT2D eigenvalue weighted by molar-refractivity contribution is 6.25. The molecule has 0 N–H and O–H groups in total. The second-order valence-electron chi connectivity index (χ2n) is 5.87. The number of ether oxygens (including phenoxy) is 1. The molecular weight excluding hydrogens is 314 g/mol. The molecule has 4 aromatic rings. The van der Waals surface area contributed by atoms with Crippen LogP contribution >= 0.6 is 0 Å². The zero-order chi connectivity index (χ0) is 17.4. The average Bonchev–Trinajstić information content (AvgIpc) is 2.63. The number of hydrogen-bond donors (Lipinski definition) is 0. The molecule has 0 unspecified atom stereocenters. The van der Waals surface area contributed by atoms with Crippen molar-refractivity contribution in [3.63, 3.8) is 0 Å². The Balaban J connectivity index is 2.10. The first-order valence-electron chi connectivity index (χ1n) is 7.90. The van der Waals surface area contributed by atoms with Crippen LogP contribution in [-0.4, -0.2) is 12.0 Å². The monoisotopic (exact) mass is 329 g/mol. The van der Waals surface area contributed by atoms with E-state index in [1.54, 1.807) is 19.4 Å². The van der Waals surface area contributed by atoms with Crippen molar-refractivity contribution in [1.29, 1.82) is 0 Å². The van der Waals surface area contributed by atoms with Gasteiger partial charge in [0.25, 0.3) is 0 Å². The summed E-state index contributed by atoms with van der Waals surface area (Å²) in [6, 6.07) is 16.4. The second kappa shape index (κ2) is 5.91. The summed E-state index contributed by atoms with van der Waals surface area (Å²) < 4.78 is 5.06. The molecule has 0 aliphatic heterocycles. The van der Waals surface area contributed by atoms with Gasteiger partial charge in [0, 0.05) is 6.08 Å². The minimum absolute atomic E-state index is 0.439. The maximum Gasteiger partial charge on any atom is 0.235 e. The predicted octanol–water partition coefficient (Wildman–Crippen LogP) is 5.45. The zero-order valence-electron chi connectivity index (χ0n) is 13.6. The van der Waals surface area contributed by atoms with Gasteiger partial charge in [0.1, 0.15) is 0 Å². The number of nitrogens with zero attached hydrogens (tertiary/aromatic N) is 1. The Labute approximate surface area is 144 Å². The number of benzene rings is 4. The van der Waals surface area contributed by atoms with E-state index >= 15 is 0 Å². The van der Waals surface area contributed by atoms with Gasteiger partial charge in [-0.3, -0.25) is 10.1 Å². The van der Waals surface area contributed by atoms with Crippen LogP contribution in [0.2, 0.25) is 0 Å². The number of methoxy groups -OCH3 is 1. The summed E-state index contributed by atoms with van der Waals surface area (Å²) in [6.07, 6.45) is 6.15. The molecule has 0 saturated carbocycles. The van der Waals surface area contributed by atoms with E-state index in [2.05, 4.69) is 30.3 Å². The summed E-state index contributed by atoms with van der Waals surface area (Å²) in [7, 11) is 1.63. The molecular formula is C21H15NO3. The minimum Gasteiger partial charge on any atom is -0.504 e. The molecule has 4 rings (SSSR count). The molecule has 25 heavy (non-hydrogen) atoms. The van der Waals surface area contributed by atoms with Gasteiger partial charge in [-0.1, -0.05) is 48.5 Å². The second-order valence-corrected chi connectivity index (χ2v) is 5.87. The van der Waals surface area contributed by atoms with Gasteiger partial charge in [0.2, 0.25) is 6.20 Å². The van der Waals surface area contributed by atoms with E-state index in [4.69, 9.17) is 4.74 Å². The molecule has 0 fully saturated rings. The van der Waals surface area contributed by atoms with Crippen LogP contribution < -0.4 is 0 Å². The molecule has 122 valence electrons. The minimum atomic E-state index is -0.439. The molecule has 4 heteroatoms. The Morgan fingerprint density at radius 1 is 0.840 bits per heavy atom. The van der Waals surface area contributed by atoms with Crippen LogP contribution in [0.25, 0.3) is 44.5 Å². The van der Waals surface area contributed by atoms with Crippen molar-refractivity contribution in [2.45, 2.75) is 0 Å². The Morgan fingerprint density at radius 3 is 1.88 bits per heavy atom. The fourth-order valence-corrected chi connectivity index (χ4v) is 3.42. The molecule has 4 aromatic carbocycles. The molecule has 0 atom stereocenters. The Morgan fingerprint density at radius 2 is 1.36 bits per heavy atom. The van der Waals surface area contributed by atoms with Gasteiger partial charge in [-0.25, -0.2) is 0 Å². The van der Waals surface area contributed by atoms with E-state index in [1.807, 2.05) is 24.3 Å². The van der Waals surface area contributed by atoms with Crippen LogP contribution in [0.1, 0.15) is 11.1 Å². The Kier molecular flexibility index (Phi) is 3.58. The van der Waals surface area contributed by atoms with Gasteiger partial charge in [0.05, 0.1) is 18.3 Å². The molecule has 0 aromatic heterocycles. The van der Waals surface area contributed by atoms with Gasteiger partial charge < -0.3 is 4.74 Å². The lowest BCUT2D eigenvalue weighted by molar-refractivity contribution is -0.400. The number of rotatable bonds is 4. The Bertz CT molecular complexity index is 1160. The zero-order valence-corrected chi connectivity index (χ0v) is 13.6. The third-order valence-corrected chi connectivity index (χ3v) is 4.49. The van der Waals surface area contributed by atoms with Crippen LogP contribution in [0.5, 0.6) is 0 Å². The summed E-state index contributed by atoms with van der Waals surface area (Å²) >= 11 is 0. The van der Waals surface area contributed by atoms with E-state index in [-0.39, 0.29) is 0 Å². The van der Waals surface area contributed by atoms with Crippen molar-refractivity contribution < 1.29 is 9.66 Å². The van der Waals surface area contributed by atoms with E-state index in [0.717, 1.165) is 44.3 Å². The lowest BCUT2D eigenvalue weighted by Crippen LogP contribution is -1.89. The summed E-state index contributed by atoms with van der Waals surface area (Å²) in [4.78, 5) is 10.2. The van der Waals surface area contributed by atoms with Crippen LogP contribution in [0, 0.1) is 10.1 Å². The van der Waals surface area contributed by atoms with Gasteiger partial charge in [0.15, 0.2) is 0 Å². The van der Waals surface area contributed by atoms with Crippen molar-refractivity contribution in [2.75, 3.05) is 7.11 Å². The third kappa shape index (κ3) is 2.48. The molecule has 0 radical (unpaired) electrons. The van der Waals surface area contributed by atoms with E-state index in [0.29, 0.717) is 0 Å². The smallest absolute Gasteiger partial charge is 0.235 e. The fraction of sp³-hybridized carbons (Fsp3) is 0.0476. The molecule has 0 spiro atoms. The van der Waals surface area contributed by atoms with E-state index in [9.17, 15) is 10.1 Å². The third-order valence-electron chi connectivity index (χ3n) is 4.49.